The maximum Gasteiger partial charge on any atom is 0.0594 e. The number of pyridine rings is 1. The summed E-state index contributed by atoms with van der Waals surface area (Å²) in [5, 5.41) is 3.45. The third-order valence-corrected chi connectivity index (χ3v) is 3.58. The number of aromatic nitrogens is 1. The van der Waals surface area contributed by atoms with Gasteiger partial charge in [-0.25, -0.2) is 0 Å². The van der Waals surface area contributed by atoms with E-state index >= 15 is 0 Å². The van der Waals surface area contributed by atoms with Gasteiger partial charge in [0.25, 0.3) is 0 Å². The van der Waals surface area contributed by atoms with Gasteiger partial charge in [-0.1, -0.05) is 25.1 Å². The number of para-hydroxylation sites is 1. The average Bonchev–Trinajstić information content (AvgIpc) is 2.40. The third-order valence-electron chi connectivity index (χ3n) is 2.62. The molecule has 1 heterocycles. The van der Waals surface area contributed by atoms with Crippen molar-refractivity contribution in [3.63, 3.8) is 0 Å². The Hall–Kier alpha value is -1.48. The van der Waals surface area contributed by atoms with Crippen LogP contribution in [0.15, 0.2) is 47.5 Å². The fraction of sp³-hybridized carbons (Fsp3) is 0.267. The Labute approximate surface area is 113 Å². The van der Waals surface area contributed by atoms with Gasteiger partial charge in [-0.3, -0.25) is 4.98 Å². The lowest BCUT2D eigenvalue weighted by Gasteiger charge is -2.10. The van der Waals surface area contributed by atoms with Crippen LogP contribution in [0.4, 0.5) is 5.69 Å². The number of nitrogens with one attached hydrogen (secondary N) is 1. The molecule has 0 unspecified atom stereocenters. The number of benzene rings is 1. The highest BCUT2D eigenvalue weighted by Gasteiger charge is 2.01. The molecule has 2 rings (SSSR count). The zero-order valence-corrected chi connectivity index (χ0v) is 11.6. The Morgan fingerprint density at radius 3 is 2.72 bits per heavy atom. The molecular formula is C15H18N2S. The Balaban J connectivity index is 2.03. The summed E-state index contributed by atoms with van der Waals surface area (Å²) < 4.78 is 0. The van der Waals surface area contributed by atoms with E-state index in [1.807, 2.05) is 18.0 Å². The number of hydrogen-bond donors (Lipinski definition) is 1. The zero-order valence-electron chi connectivity index (χ0n) is 10.8. The second kappa shape index (κ2) is 6.45. The molecule has 2 aromatic rings. The SMILES string of the molecule is CCSc1ccccc1NCc1ccc(C)cn1. The van der Waals surface area contributed by atoms with E-state index in [9.17, 15) is 0 Å². The maximum atomic E-state index is 4.40. The molecular weight excluding hydrogens is 240 g/mol. The van der Waals surface area contributed by atoms with Crippen LogP contribution in [0.5, 0.6) is 0 Å². The van der Waals surface area contributed by atoms with Crippen LogP contribution in [0.1, 0.15) is 18.2 Å². The maximum absolute atomic E-state index is 4.40. The highest BCUT2D eigenvalue weighted by atomic mass is 32.2. The van der Waals surface area contributed by atoms with Gasteiger partial charge in [-0.15, -0.1) is 11.8 Å². The minimum atomic E-state index is 0.765. The highest BCUT2D eigenvalue weighted by Crippen LogP contribution is 2.26. The molecule has 18 heavy (non-hydrogen) atoms. The molecule has 1 N–H and O–H groups in total. The van der Waals surface area contributed by atoms with Gasteiger partial charge in [-0.05, 0) is 36.4 Å². The first-order valence-electron chi connectivity index (χ1n) is 6.17. The molecule has 0 saturated carbocycles. The van der Waals surface area contributed by atoms with Crippen molar-refractivity contribution in [1.82, 2.24) is 4.98 Å². The Bertz CT molecular complexity index is 494. The Kier molecular flexibility index (Phi) is 4.65. The van der Waals surface area contributed by atoms with Crippen molar-refractivity contribution in [2.45, 2.75) is 25.3 Å². The van der Waals surface area contributed by atoms with Crippen LogP contribution in [0.25, 0.3) is 0 Å². The lowest BCUT2D eigenvalue weighted by molar-refractivity contribution is 1.03. The quantitative estimate of drug-likeness (QED) is 0.817. The predicted molar refractivity (Wildman–Crippen MR) is 79.1 cm³/mol. The van der Waals surface area contributed by atoms with E-state index in [1.54, 1.807) is 0 Å². The van der Waals surface area contributed by atoms with Crippen molar-refractivity contribution in [1.29, 1.82) is 0 Å². The number of anilines is 1. The fourth-order valence-electron chi connectivity index (χ4n) is 1.68. The zero-order chi connectivity index (χ0) is 12.8. The van der Waals surface area contributed by atoms with Crippen LogP contribution < -0.4 is 5.32 Å². The number of nitrogens with zero attached hydrogens (tertiary/aromatic N) is 1. The largest absolute Gasteiger partial charge is 0.378 e. The van der Waals surface area contributed by atoms with Gasteiger partial charge in [0, 0.05) is 16.8 Å². The Morgan fingerprint density at radius 1 is 1.17 bits per heavy atom. The monoisotopic (exact) mass is 258 g/mol. The first-order valence-corrected chi connectivity index (χ1v) is 7.15. The summed E-state index contributed by atoms with van der Waals surface area (Å²) in [5.41, 5.74) is 3.45. The van der Waals surface area contributed by atoms with Gasteiger partial charge in [0.05, 0.1) is 12.2 Å². The molecule has 0 aliphatic heterocycles. The smallest absolute Gasteiger partial charge is 0.0594 e. The van der Waals surface area contributed by atoms with E-state index < -0.39 is 0 Å². The van der Waals surface area contributed by atoms with Gasteiger partial charge in [0.15, 0.2) is 0 Å². The van der Waals surface area contributed by atoms with Crippen LogP contribution in [0.2, 0.25) is 0 Å². The molecule has 3 heteroatoms. The molecule has 0 bridgehead atoms. The van der Waals surface area contributed by atoms with E-state index in [1.165, 1.54) is 16.1 Å². The second-order valence-electron chi connectivity index (χ2n) is 4.11. The molecule has 0 aliphatic carbocycles. The van der Waals surface area contributed by atoms with Crippen molar-refractivity contribution in [2.24, 2.45) is 0 Å². The summed E-state index contributed by atoms with van der Waals surface area (Å²) in [6.45, 7) is 4.99. The lowest BCUT2D eigenvalue weighted by atomic mass is 10.2. The van der Waals surface area contributed by atoms with Crippen LogP contribution in [0.3, 0.4) is 0 Å². The average molecular weight is 258 g/mol. The van der Waals surface area contributed by atoms with Crippen molar-refractivity contribution in [3.8, 4) is 0 Å². The van der Waals surface area contributed by atoms with E-state index in [2.05, 4.69) is 60.5 Å². The number of thioether (sulfide) groups is 1. The molecule has 0 radical (unpaired) electrons. The molecule has 1 aromatic heterocycles. The van der Waals surface area contributed by atoms with E-state index in [-0.39, 0.29) is 0 Å². The minimum absolute atomic E-state index is 0.765. The van der Waals surface area contributed by atoms with Crippen molar-refractivity contribution in [2.75, 3.05) is 11.1 Å². The third kappa shape index (κ3) is 3.50. The summed E-state index contributed by atoms with van der Waals surface area (Å²) in [5.74, 6) is 1.08. The van der Waals surface area contributed by atoms with Crippen LogP contribution >= 0.6 is 11.8 Å². The molecule has 0 amide bonds. The molecule has 1 aromatic carbocycles. The van der Waals surface area contributed by atoms with E-state index in [0.717, 1.165) is 18.0 Å². The molecule has 94 valence electrons. The second-order valence-corrected chi connectivity index (χ2v) is 5.42. The number of aryl methyl sites for hydroxylation is 1. The topological polar surface area (TPSA) is 24.9 Å². The Morgan fingerprint density at radius 2 is 2.00 bits per heavy atom. The van der Waals surface area contributed by atoms with Gasteiger partial charge in [-0.2, -0.15) is 0 Å². The summed E-state index contributed by atoms with van der Waals surface area (Å²) >= 11 is 1.86. The summed E-state index contributed by atoms with van der Waals surface area (Å²) in [4.78, 5) is 5.70. The predicted octanol–water partition coefficient (Wildman–Crippen LogP) is 4.11. The first kappa shape index (κ1) is 13.0. The standard InChI is InChI=1S/C15H18N2S/c1-3-18-15-7-5-4-6-14(15)17-11-13-9-8-12(2)10-16-13/h4-10,17H,3,11H2,1-2H3. The van der Waals surface area contributed by atoms with E-state index in [4.69, 9.17) is 0 Å². The van der Waals surface area contributed by atoms with Crippen molar-refractivity contribution >= 4 is 17.4 Å². The van der Waals surface area contributed by atoms with E-state index in [0.29, 0.717) is 0 Å². The lowest BCUT2D eigenvalue weighted by Crippen LogP contribution is -2.02. The number of hydrogen-bond acceptors (Lipinski definition) is 3. The molecule has 0 fully saturated rings. The normalized spacial score (nSPS) is 10.3. The van der Waals surface area contributed by atoms with Crippen LogP contribution in [-0.2, 0) is 6.54 Å². The molecule has 2 nitrogen and oxygen atoms in total. The van der Waals surface area contributed by atoms with Crippen LogP contribution in [0, 0.1) is 6.92 Å². The minimum Gasteiger partial charge on any atom is -0.378 e. The molecule has 0 aliphatic rings. The van der Waals surface area contributed by atoms with Gasteiger partial charge >= 0.3 is 0 Å². The summed E-state index contributed by atoms with van der Waals surface area (Å²) in [6.07, 6.45) is 1.91. The van der Waals surface area contributed by atoms with Crippen molar-refractivity contribution in [3.05, 3.63) is 53.9 Å². The molecule has 0 atom stereocenters. The molecule has 0 saturated heterocycles. The summed E-state index contributed by atoms with van der Waals surface area (Å²) in [7, 11) is 0. The van der Waals surface area contributed by atoms with Gasteiger partial charge in [0.1, 0.15) is 0 Å². The first-order chi connectivity index (χ1) is 8.79. The fourth-order valence-corrected chi connectivity index (χ4v) is 2.46. The van der Waals surface area contributed by atoms with Gasteiger partial charge in [0.2, 0.25) is 0 Å². The van der Waals surface area contributed by atoms with Gasteiger partial charge < -0.3 is 5.32 Å². The van der Waals surface area contributed by atoms with Crippen molar-refractivity contribution < 1.29 is 0 Å². The van der Waals surface area contributed by atoms with Crippen LogP contribution in [-0.4, -0.2) is 10.7 Å². The summed E-state index contributed by atoms with van der Waals surface area (Å²) in [6, 6.07) is 12.6. The highest BCUT2D eigenvalue weighted by molar-refractivity contribution is 7.99. The molecule has 0 spiro atoms. The number of rotatable bonds is 5.